The van der Waals surface area contributed by atoms with Crippen molar-refractivity contribution in [1.82, 2.24) is 9.97 Å². The van der Waals surface area contributed by atoms with Crippen LogP contribution in [-0.4, -0.2) is 36.3 Å². The van der Waals surface area contributed by atoms with Crippen molar-refractivity contribution >= 4 is 5.82 Å². The van der Waals surface area contributed by atoms with Gasteiger partial charge in [0.1, 0.15) is 12.1 Å². The van der Waals surface area contributed by atoms with Crippen LogP contribution < -0.4 is 10.1 Å². The summed E-state index contributed by atoms with van der Waals surface area (Å²) >= 11 is 0. The van der Waals surface area contributed by atoms with E-state index in [1.807, 2.05) is 0 Å². The number of aromatic nitrogens is 2. The van der Waals surface area contributed by atoms with Crippen molar-refractivity contribution in [2.24, 2.45) is 0 Å². The third kappa shape index (κ3) is 2.61. The highest BCUT2D eigenvalue weighted by Gasteiger charge is 2.24. The van der Waals surface area contributed by atoms with Crippen LogP contribution in [0, 0.1) is 0 Å². The zero-order valence-electron chi connectivity index (χ0n) is 9.64. The van der Waals surface area contributed by atoms with Crippen molar-refractivity contribution in [3.05, 3.63) is 12.4 Å². The molecule has 2 unspecified atom stereocenters. The maximum absolute atomic E-state index is 5.33. The fourth-order valence-corrected chi connectivity index (χ4v) is 2.02. The second kappa shape index (κ2) is 5.12. The summed E-state index contributed by atoms with van der Waals surface area (Å²) in [6, 6.07) is 2.24. The first kappa shape index (κ1) is 11.1. The second-order valence-electron chi connectivity index (χ2n) is 3.96. The molecule has 0 aliphatic heterocycles. The molecule has 0 bridgehead atoms. The molecule has 0 spiro atoms. The van der Waals surface area contributed by atoms with Crippen LogP contribution in [0.15, 0.2) is 12.4 Å². The van der Waals surface area contributed by atoms with Gasteiger partial charge in [0.25, 0.3) is 0 Å². The van der Waals surface area contributed by atoms with E-state index in [2.05, 4.69) is 15.3 Å². The summed E-state index contributed by atoms with van der Waals surface area (Å²) in [5.74, 6) is 1.40. The maximum Gasteiger partial charge on any atom is 0.218 e. The molecule has 0 radical (unpaired) electrons. The van der Waals surface area contributed by atoms with Crippen molar-refractivity contribution in [2.75, 3.05) is 19.5 Å². The fraction of sp³-hybridized carbons (Fsp3) is 0.636. The molecule has 2 atom stereocenters. The third-order valence-corrected chi connectivity index (χ3v) is 2.92. The Morgan fingerprint density at radius 2 is 2.19 bits per heavy atom. The fourth-order valence-electron chi connectivity index (χ4n) is 2.02. The molecule has 0 amide bonds. The summed E-state index contributed by atoms with van der Waals surface area (Å²) in [5.41, 5.74) is 0. The largest absolute Gasteiger partial charge is 0.481 e. The lowest BCUT2D eigenvalue weighted by Crippen LogP contribution is -2.18. The standard InChI is InChI=1S/C11H17N3O2/c1-15-9-4-3-8(5-9)14-10-6-11(16-2)13-7-12-10/h6-9H,3-5H2,1-2H3,(H,12,13,14). The van der Waals surface area contributed by atoms with E-state index in [9.17, 15) is 0 Å². The normalized spacial score (nSPS) is 24.4. The molecular weight excluding hydrogens is 206 g/mol. The van der Waals surface area contributed by atoms with Crippen LogP contribution in [0.4, 0.5) is 5.82 Å². The molecule has 88 valence electrons. The molecule has 1 aromatic heterocycles. The van der Waals surface area contributed by atoms with Crippen LogP contribution in [0.1, 0.15) is 19.3 Å². The van der Waals surface area contributed by atoms with E-state index in [1.54, 1.807) is 20.3 Å². The van der Waals surface area contributed by atoms with Crippen molar-refractivity contribution in [1.29, 1.82) is 0 Å². The highest BCUT2D eigenvalue weighted by Crippen LogP contribution is 2.24. The zero-order chi connectivity index (χ0) is 11.4. The average molecular weight is 223 g/mol. The Hall–Kier alpha value is -1.36. The van der Waals surface area contributed by atoms with Gasteiger partial charge in [-0.1, -0.05) is 0 Å². The minimum atomic E-state index is 0.376. The predicted octanol–water partition coefficient (Wildman–Crippen LogP) is 1.46. The van der Waals surface area contributed by atoms with Crippen molar-refractivity contribution in [3.63, 3.8) is 0 Å². The number of nitrogens with one attached hydrogen (secondary N) is 1. The number of methoxy groups -OCH3 is 2. The van der Waals surface area contributed by atoms with Crippen molar-refractivity contribution < 1.29 is 9.47 Å². The first-order valence-corrected chi connectivity index (χ1v) is 5.47. The predicted molar refractivity (Wildman–Crippen MR) is 60.6 cm³/mol. The number of hydrogen-bond acceptors (Lipinski definition) is 5. The van der Waals surface area contributed by atoms with E-state index in [-0.39, 0.29) is 0 Å². The molecular formula is C11H17N3O2. The van der Waals surface area contributed by atoms with Gasteiger partial charge in [-0.15, -0.1) is 0 Å². The molecule has 1 saturated carbocycles. The number of ether oxygens (including phenoxy) is 2. The average Bonchev–Trinajstić information content (AvgIpc) is 2.77. The highest BCUT2D eigenvalue weighted by molar-refractivity contribution is 5.38. The van der Waals surface area contributed by atoms with E-state index in [1.165, 1.54) is 6.33 Å². The molecule has 5 heteroatoms. The number of nitrogens with zero attached hydrogens (tertiary/aromatic N) is 2. The summed E-state index contributed by atoms with van der Waals surface area (Å²) in [5, 5.41) is 3.37. The molecule has 16 heavy (non-hydrogen) atoms. The minimum absolute atomic E-state index is 0.376. The van der Waals surface area contributed by atoms with Gasteiger partial charge in [-0.3, -0.25) is 0 Å². The Bertz CT molecular complexity index is 346. The van der Waals surface area contributed by atoms with Crippen molar-refractivity contribution in [2.45, 2.75) is 31.4 Å². The van der Waals surface area contributed by atoms with E-state index < -0.39 is 0 Å². The first-order chi connectivity index (χ1) is 7.81. The van der Waals surface area contributed by atoms with Crippen LogP contribution in [0.2, 0.25) is 0 Å². The molecule has 1 heterocycles. The molecule has 0 aromatic carbocycles. The van der Waals surface area contributed by atoms with Crippen molar-refractivity contribution in [3.8, 4) is 5.88 Å². The van der Waals surface area contributed by atoms with Gasteiger partial charge in [-0.25, -0.2) is 9.97 Å². The monoisotopic (exact) mass is 223 g/mol. The van der Waals surface area contributed by atoms with Gasteiger partial charge in [0.15, 0.2) is 0 Å². The van der Waals surface area contributed by atoms with Gasteiger partial charge in [0, 0.05) is 19.2 Å². The van der Waals surface area contributed by atoms with Crippen LogP contribution in [0.5, 0.6) is 5.88 Å². The molecule has 1 aliphatic rings. The van der Waals surface area contributed by atoms with E-state index in [4.69, 9.17) is 9.47 Å². The van der Waals surface area contributed by atoms with E-state index >= 15 is 0 Å². The first-order valence-electron chi connectivity index (χ1n) is 5.47. The summed E-state index contributed by atoms with van der Waals surface area (Å²) < 4.78 is 10.4. The van der Waals surface area contributed by atoms with Crippen LogP contribution >= 0.6 is 0 Å². The van der Waals surface area contributed by atoms with Crippen LogP contribution in [0.3, 0.4) is 0 Å². The Labute approximate surface area is 95.2 Å². The van der Waals surface area contributed by atoms with Crippen LogP contribution in [0.25, 0.3) is 0 Å². The van der Waals surface area contributed by atoms with Gasteiger partial charge in [-0.2, -0.15) is 0 Å². The zero-order valence-corrected chi connectivity index (χ0v) is 9.64. The molecule has 0 saturated heterocycles. The quantitative estimate of drug-likeness (QED) is 0.837. The van der Waals surface area contributed by atoms with Gasteiger partial charge in [-0.05, 0) is 19.3 Å². The lowest BCUT2D eigenvalue weighted by atomic mass is 10.2. The SMILES string of the molecule is COc1cc(NC2CCC(OC)C2)ncn1. The smallest absolute Gasteiger partial charge is 0.218 e. The molecule has 1 N–H and O–H groups in total. The molecule has 1 aromatic rings. The Morgan fingerprint density at radius 3 is 2.88 bits per heavy atom. The lowest BCUT2D eigenvalue weighted by molar-refractivity contribution is 0.108. The number of anilines is 1. The molecule has 2 rings (SSSR count). The summed E-state index contributed by atoms with van der Waals surface area (Å²) in [4.78, 5) is 8.12. The van der Waals surface area contributed by atoms with Crippen LogP contribution in [-0.2, 0) is 4.74 Å². The Morgan fingerprint density at radius 1 is 1.31 bits per heavy atom. The summed E-state index contributed by atoms with van der Waals surface area (Å²) in [6.45, 7) is 0. The number of hydrogen-bond donors (Lipinski definition) is 1. The van der Waals surface area contributed by atoms with Gasteiger partial charge in [0.2, 0.25) is 5.88 Å². The maximum atomic E-state index is 5.33. The van der Waals surface area contributed by atoms with Gasteiger partial charge < -0.3 is 14.8 Å². The minimum Gasteiger partial charge on any atom is -0.481 e. The molecule has 5 nitrogen and oxygen atoms in total. The number of rotatable bonds is 4. The third-order valence-electron chi connectivity index (χ3n) is 2.92. The summed E-state index contributed by atoms with van der Waals surface area (Å²) in [6.07, 6.45) is 5.13. The lowest BCUT2D eigenvalue weighted by Gasteiger charge is -2.13. The van der Waals surface area contributed by atoms with Gasteiger partial charge in [0.05, 0.1) is 13.2 Å². The highest BCUT2D eigenvalue weighted by atomic mass is 16.5. The van der Waals surface area contributed by atoms with E-state index in [0.29, 0.717) is 18.0 Å². The topological polar surface area (TPSA) is 56.3 Å². The second-order valence-corrected chi connectivity index (χ2v) is 3.96. The summed E-state index contributed by atoms with van der Waals surface area (Å²) in [7, 11) is 3.36. The van der Waals surface area contributed by atoms with E-state index in [0.717, 1.165) is 25.1 Å². The molecule has 1 aliphatic carbocycles. The molecule has 1 fully saturated rings. The Kier molecular flexibility index (Phi) is 3.56. The van der Waals surface area contributed by atoms with Gasteiger partial charge >= 0.3 is 0 Å². The Balaban J connectivity index is 1.94.